The normalized spacial score (nSPS) is 26.2. The van der Waals surface area contributed by atoms with Crippen molar-refractivity contribution in [3.05, 3.63) is 35.9 Å². The Morgan fingerprint density at radius 2 is 1.10 bits per heavy atom. The molecule has 27 heteroatoms. The Morgan fingerprint density at radius 3 is 1.62 bits per heavy atom. The van der Waals surface area contributed by atoms with Gasteiger partial charge in [0.15, 0.2) is 0 Å². The third kappa shape index (κ3) is 22.2. The molecule has 11 atom stereocenters. The maximum absolute atomic E-state index is 14.4. The molecule has 0 aromatic heterocycles. The minimum absolute atomic E-state index is 0.0208. The summed E-state index contributed by atoms with van der Waals surface area (Å²) < 4.78 is 0. The van der Waals surface area contributed by atoms with Crippen molar-refractivity contribution in [3.63, 3.8) is 0 Å². The molecule has 0 radical (unpaired) electrons. The van der Waals surface area contributed by atoms with Crippen molar-refractivity contribution in [2.45, 2.75) is 177 Å². The minimum Gasteiger partial charge on any atom is -0.391 e. The average molecular weight is 1100 g/mol. The molecule has 78 heavy (non-hydrogen) atoms. The summed E-state index contributed by atoms with van der Waals surface area (Å²) in [5.74, 6) is -8.82. The number of rotatable bonds is 21. The van der Waals surface area contributed by atoms with Gasteiger partial charge in [0.2, 0.25) is 59.1 Å². The van der Waals surface area contributed by atoms with Crippen molar-refractivity contribution < 1.29 is 58.2 Å². The van der Waals surface area contributed by atoms with Gasteiger partial charge >= 0.3 is 0 Å². The van der Waals surface area contributed by atoms with E-state index >= 15 is 0 Å². The zero-order valence-corrected chi connectivity index (χ0v) is 45.4. The molecule has 22 N–H and O–H groups in total. The highest BCUT2D eigenvalue weighted by Gasteiger charge is 2.37. The molecule has 1 aromatic rings. The first kappa shape index (κ1) is 65.9. The highest BCUT2D eigenvalue weighted by molar-refractivity contribution is 5.99. The van der Waals surface area contributed by atoms with Crippen molar-refractivity contribution in [1.82, 2.24) is 53.2 Å². The van der Waals surface area contributed by atoms with Gasteiger partial charge in [-0.1, -0.05) is 44.2 Å². The number of hydrogen-bond acceptors (Lipinski definition) is 17. The van der Waals surface area contributed by atoms with E-state index in [1.165, 1.54) is 13.8 Å². The van der Waals surface area contributed by atoms with Gasteiger partial charge in [0, 0.05) is 25.4 Å². The van der Waals surface area contributed by atoms with Crippen LogP contribution in [0.3, 0.4) is 0 Å². The lowest BCUT2D eigenvalue weighted by molar-refractivity contribution is -0.136. The lowest BCUT2D eigenvalue weighted by Gasteiger charge is -2.29. The summed E-state index contributed by atoms with van der Waals surface area (Å²) in [6.45, 7) is 5.08. The number of aliphatic hydroxyl groups is 2. The van der Waals surface area contributed by atoms with Gasteiger partial charge in [-0.2, -0.15) is 0 Å². The molecule has 3 unspecified atom stereocenters. The van der Waals surface area contributed by atoms with Crippen LogP contribution in [0.1, 0.15) is 104 Å². The van der Waals surface area contributed by atoms with Crippen LogP contribution in [0.2, 0.25) is 0 Å². The number of carbonyl (C=O) groups excluding carboxylic acids is 10. The van der Waals surface area contributed by atoms with Gasteiger partial charge in [-0.3, -0.25) is 47.9 Å². The second-order valence-electron chi connectivity index (χ2n) is 20.6. The number of amides is 10. The standard InChI is InChI=1S/C51H87N15O12/c1-27(2)24-38-48(75)60-33(14-19-52)43(70)59-36(17-22-55)47(74)66-41(28(3)67)50(77)57-23-18-37(46(73)58-34(15-20-53)45(72)64-39(49(76)63-38)25-30-8-6-5-7-9-30)61-44(71)35(16-21-54)62-51(78)42(29(4)68)65-40(69)26-31-10-12-32(56)13-11-31/h5-9,27-29,31-39,41-42,67-68H,10-26,52-56H2,1-4H3,(H,57,77)(H,58,73)(H,59,70)(H,60,75)(H,61,71)(H,62,78)(H,63,76)(H,64,72)(H,65,69)(H,66,74)/t28?,29?,31-,32+,33-,34-,35-,36-,37-,38-,39+,41?,42-/m0/s1. The van der Waals surface area contributed by atoms with E-state index < -0.39 is 139 Å². The molecule has 1 aromatic carbocycles. The van der Waals surface area contributed by atoms with Crippen LogP contribution in [-0.2, 0) is 54.4 Å². The van der Waals surface area contributed by atoms with Gasteiger partial charge in [-0.05, 0) is 122 Å². The number of carbonyl (C=O) groups is 10. The maximum Gasteiger partial charge on any atom is 0.245 e. The molecule has 1 heterocycles. The molecule has 2 aliphatic rings. The Bertz CT molecular complexity index is 2150. The molecular weight excluding hydrogens is 1010 g/mol. The molecule has 3 rings (SSSR count). The van der Waals surface area contributed by atoms with Crippen LogP contribution in [0.5, 0.6) is 0 Å². The predicted octanol–water partition coefficient (Wildman–Crippen LogP) is -5.78. The first-order valence-electron chi connectivity index (χ1n) is 27.0. The van der Waals surface area contributed by atoms with Crippen LogP contribution < -0.4 is 81.8 Å². The lowest BCUT2D eigenvalue weighted by Crippen LogP contribution is -2.61. The van der Waals surface area contributed by atoms with Crippen LogP contribution in [0.25, 0.3) is 0 Å². The SMILES string of the molecule is CC(C)C[C@@H]1NC(=O)[C@@H](Cc2ccccc2)NC(=O)[C@H](CCN)NC(=O)[C@@H](NC(=O)[C@H](CCN)NC(=O)[C@@H](NC(=O)C[C@H]2CC[C@@H](N)CC2)C(C)O)CCNC(=O)C(C(C)O)NC(=O)[C@H](CCN)NC(=O)[C@H](CCN)NC1=O. The number of nitrogens with one attached hydrogen (secondary N) is 10. The highest BCUT2D eigenvalue weighted by Crippen LogP contribution is 2.26. The number of hydrogen-bond donors (Lipinski definition) is 17. The number of benzene rings is 1. The highest BCUT2D eigenvalue weighted by atomic mass is 16.3. The van der Waals surface area contributed by atoms with Gasteiger partial charge in [0.25, 0.3) is 0 Å². The van der Waals surface area contributed by atoms with E-state index in [1.807, 2.05) is 0 Å². The van der Waals surface area contributed by atoms with Crippen molar-refractivity contribution in [2.75, 3.05) is 32.7 Å². The summed E-state index contributed by atoms with van der Waals surface area (Å²) in [4.78, 5) is 140. The Labute approximate surface area is 455 Å². The van der Waals surface area contributed by atoms with E-state index in [0.717, 1.165) is 12.8 Å². The zero-order valence-electron chi connectivity index (χ0n) is 45.4. The smallest absolute Gasteiger partial charge is 0.245 e. The molecular formula is C51H87N15O12. The van der Waals surface area contributed by atoms with Gasteiger partial charge in [-0.25, -0.2) is 0 Å². The number of aliphatic hydroxyl groups excluding tert-OH is 2. The fraction of sp³-hybridized carbons (Fsp3) is 0.686. The largest absolute Gasteiger partial charge is 0.391 e. The third-order valence-corrected chi connectivity index (χ3v) is 13.5. The van der Waals surface area contributed by atoms with E-state index in [1.54, 1.807) is 44.2 Å². The van der Waals surface area contributed by atoms with Gasteiger partial charge in [0.1, 0.15) is 54.4 Å². The van der Waals surface area contributed by atoms with E-state index in [2.05, 4.69) is 53.2 Å². The van der Waals surface area contributed by atoms with Crippen molar-refractivity contribution >= 4 is 59.1 Å². The lowest BCUT2D eigenvalue weighted by atomic mass is 9.84. The fourth-order valence-corrected chi connectivity index (χ4v) is 9.07. The molecule has 27 nitrogen and oxygen atoms in total. The van der Waals surface area contributed by atoms with E-state index in [-0.39, 0.29) is 89.0 Å². The van der Waals surface area contributed by atoms with Crippen LogP contribution in [-0.4, -0.2) is 175 Å². The Balaban J connectivity index is 2.08. The third-order valence-electron chi connectivity index (χ3n) is 13.5. The summed E-state index contributed by atoms with van der Waals surface area (Å²) >= 11 is 0. The van der Waals surface area contributed by atoms with Crippen LogP contribution in [0, 0.1) is 11.8 Å². The first-order valence-corrected chi connectivity index (χ1v) is 27.0. The summed E-state index contributed by atoms with van der Waals surface area (Å²) in [5, 5.41) is 47.1. The van der Waals surface area contributed by atoms with Crippen LogP contribution in [0.4, 0.5) is 0 Å². The van der Waals surface area contributed by atoms with Gasteiger partial charge < -0.3 is 92.0 Å². The second kappa shape index (κ2) is 33.8. The molecule has 1 saturated carbocycles. The maximum atomic E-state index is 14.4. The van der Waals surface area contributed by atoms with E-state index in [0.29, 0.717) is 18.4 Å². The second-order valence-corrected chi connectivity index (χ2v) is 20.6. The zero-order chi connectivity index (χ0) is 58.1. The summed E-state index contributed by atoms with van der Waals surface area (Å²) in [7, 11) is 0. The van der Waals surface area contributed by atoms with Gasteiger partial charge in [0.05, 0.1) is 12.2 Å². The van der Waals surface area contributed by atoms with E-state index in [9.17, 15) is 58.2 Å². The molecule has 1 aliphatic heterocycles. The monoisotopic (exact) mass is 1100 g/mol. The topological polar surface area (TPSA) is 462 Å². The van der Waals surface area contributed by atoms with E-state index in [4.69, 9.17) is 28.7 Å². The van der Waals surface area contributed by atoms with Crippen LogP contribution in [0.15, 0.2) is 30.3 Å². The van der Waals surface area contributed by atoms with Crippen molar-refractivity contribution in [3.8, 4) is 0 Å². The molecule has 1 saturated heterocycles. The Hall–Kier alpha value is -6.36. The molecule has 1 aliphatic carbocycles. The minimum atomic E-state index is -1.66. The molecule has 10 amide bonds. The molecule has 0 bridgehead atoms. The summed E-state index contributed by atoms with van der Waals surface area (Å²) in [6.07, 6.45) is -1.11. The van der Waals surface area contributed by atoms with Crippen molar-refractivity contribution in [1.29, 1.82) is 0 Å². The van der Waals surface area contributed by atoms with Crippen LogP contribution >= 0.6 is 0 Å². The predicted molar refractivity (Wildman–Crippen MR) is 287 cm³/mol. The molecule has 0 spiro atoms. The fourth-order valence-electron chi connectivity index (χ4n) is 9.07. The summed E-state index contributed by atoms with van der Waals surface area (Å²) in [6, 6.07) is -4.47. The molecule has 438 valence electrons. The Morgan fingerprint density at radius 1 is 0.603 bits per heavy atom. The average Bonchev–Trinajstić information content (AvgIpc) is 3.38. The van der Waals surface area contributed by atoms with Gasteiger partial charge in [-0.15, -0.1) is 0 Å². The Kier molecular flexibility index (Phi) is 28.6. The number of nitrogens with two attached hydrogens (primary N) is 5. The van der Waals surface area contributed by atoms with Crippen molar-refractivity contribution in [2.24, 2.45) is 40.5 Å². The quantitative estimate of drug-likeness (QED) is 0.0545. The first-order chi connectivity index (χ1) is 37.0. The molecule has 2 fully saturated rings. The summed E-state index contributed by atoms with van der Waals surface area (Å²) in [5.41, 5.74) is 30.1.